The molecule has 1 saturated heterocycles. The van der Waals surface area contributed by atoms with Gasteiger partial charge in [0.2, 0.25) is 0 Å². The van der Waals surface area contributed by atoms with Crippen LogP contribution in [-0.4, -0.2) is 35.9 Å². The number of epoxide rings is 1. The van der Waals surface area contributed by atoms with Crippen molar-refractivity contribution in [3.8, 4) is 0 Å². The summed E-state index contributed by atoms with van der Waals surface area (Å²) < 4.78 is 11.5. The van der Waals surface area contributed by atoms with Crippen LogP contribution in [0.25, 0.3) is 0 Å². The first kappa shape index (κ1) is 18.7. The fourth-order valence-corrected chi connectivity index (χ4v) is 7.65. The van der Waals surface area contributed by atoms with Crippen molar-refractivity contribution in [3.63, 3.8) is 0 Å². The highest BCUT2D eigenvalue weighted by atomic mass is 35.5. The van der Waals surface area contributed by atoms with Gasteiger partial charge in [-0.3, -0.25) is 9.59 Å². The first-order valence-electron chi connectivity index (χ1n) is 10.1. The number of alkyl halides is 1. The van der Waals surface area contributed by atoms with E-state index in [-0.39, 0.29) is 57.9 Å². The van der Waals surface area contributed by atoms with Gasteiger partial charge in [0.05, 0.1) is 24.0 Å². The zero-order chi connectivity index (χ0) is 19.1. The third-order valence-corrected chi connectivity index (χ3v) is 9.06. The van der Waals surface area contributed by atoms with Gasteiger partial charge in [-0.05, 0) is 49.9 Å². The molecule has 146 valence electrons. The summed E-state index contributed by atoms with van der Waals surface area (Å²) in [5.41, 5.74) is -0.856. The van der Waals surface area contributed by atoms with Crippen molar-refractivity contribution in [2.24, 2.45) is 34.5 Å². The lowest BCUT2D eigenvalue weighted by atomic mass is 9.46. The number of hydrogen-bond acceptors (Lipinski definition) is 4. The molecule has 0 aromatic heterocycles. The van der Waals surface area contributed by atoms with E-state index in [0.29, 0.717) is 0 Å². The summed E-state index contributed by atoms with van der Waals surface area (Å²) in [6.07, 6.45) is 4.67. The minimum absolute atomic E-state index is 0.00898. The van der Waals surface area contributed by atoms with Crippen LogP contribution in [-0.2, 0) is 19.1 Å². The second-order valence-corrected chi connectivity index (χ2v) is 10.3. The van der Waals surface area contributed by atoms with Crippen molar-refractivity contribution in [1.29, 1.82) is 0 Å². The average Bonchev–Trinajstić information content (AvgIpc) is 3.25. The summed E-state index contributed by atoms with van der Waals surface area (Å²) in [5.74, 6) is 0.488. The number of ether oxygens (including phenoxy) is 2. The van der Waals surface area contributed by atoms with Crippen molar-refractivity contribution in [2.75, 3.05) is 7.11 Å². The smallest absolute Gasteiger partial charge is 0.311 e. The Morgan fingerprint density at radius 3 is 2.46 bits per heavy atom. The molecule has 4 aliphatic rings. The fraction of sp³-hybridized carbons (Fsp3) is 0.905. The maximum Gasteiger partial charge on any atom is 0.311 e. The first-order valence-corrected chi connectivity index (χ1v) is 10.5. The number of halogens is 1. The number of Topliss-reactive ketones (excluding diaryl/α,β-unsaturated/α-hetero) is 1. The average molecular weight is 383 g/mol. The predicted molar refractivity (Wildman–Crippen MR) is 98.9 cm³/mol. The highest BCUT2D eigenvalue weighted by molar-refractivity contribution is 6.23. The lowest BCUT2D eigenvalue weighted by Crippen LogP contribution is -2.57. The van der Waals surface area contributed by atoms with E-state index in [2.05, 4.69) is 13.8 Å². The molecule has 1 unspecified atom stereocenters. The molecular formula is C21H31ClO4. The van der Waals surface area contributed by atoms with Crippen molar-refractivity contribution in [2.45, 2.75) is 76.9 Å². The lowest BCUT2D eigenvalue weighted by molar-refractivity contribution is -0.169. The third kappa shape index (κ3) is 2.12. The van der Waals surface area contributed by atoms with E-state index < -0.39 is 5.41 Å². The van der Waals surface area contributed by atoms with Gasteiger partial charge in [0.1, 0.15) is 11.4 Å². The second kappa shape index (κ2) is 5.70. The quantitative estimate of drug-likeness (QED) is 0.421. The Labute approximate surface area is 161 Å². The third-order valence-electron chi connectivity index (χ3n) is 8.42. The minimum atomic E-state index is -0.470. The SMILES string of the molecule is COC(=O)[C@]1(C)CCC[C@]2(C)[C@H]3C[C@H](C(=O)C(C)C)C(Cl)[C@]34O[C@@H]4C[C@H]21. The van der Waals surface area contributed by atoms with Crippen LogP contribution in [0.4, 0.5) is 0 Å². The normalized spacial score (nSPS) is 52.0. The molecule has 4 rings (SSSR count). The van der Waals surface area contributed by atoms with Crippen LogP contribution in [0.15, 0.2) is 0 Å². The minimum Gasteiger partial charge on any atom is -0.469 e. The maximum atomic E-state index is 12.8. The van der Waals surface area contributed by atoms with E-state index in [1.165, 1.54) is 7.11 Å². The lowest BCUT2D eigenvalue weighted by Gasteiger charge is -2.56. The number of fused-ring (bicyclic) bond motifs is 2. The highest BCUT2D eigenvalue weighted by Gasteiger charge is 2.79. The van der Waals surface area contributed by atoms with Gasteiger partial charge < -0.3 is 9.47 Å². The molecule has 8 atom stereocenters. The van der Waals surface area contributed by atoms with Crippen LogP contribution in [0.3, 0.4) is 0 Å². The van der Waals surface area contributed by atoms with Gasteiger partial charge in [0.15, 0.2) is 0 Å². The van der Waals surface area contributed by atoms with Crippen molar-refractivity contribution >= 4 is 23.4 Å². The number of hydrogen-bond donors (Lipinski definition) is 0. The highest BCUT2D eigenvalue weighted by Crippen LogP contribution is 2.74. The molecule has 0 radical (unpaired) electrons. The summed E-state index contributed by atoms with van der Waals surface area (Å²) >= 11 is 6.89. The zero-order valence-corrected chi connectivity index (χ0v) is 17.3. The van der Waals surface area contributed by atoms with E-state index in [1.807, 2.05) is 13.8 Å². The van der Waals surface area contributed by atoms with Crippen LogP contribution in [0.2, 0.25) is 0 Å². The zero-order valence-electron chi connectivity index (χ0n) is 16.5. The Kier molecular flexibility index (Phi) is 4.11. The Morgan fingerprint density at radius 1 is 1.15 bits per heavy atom. The molecule has 3 aliphatic carbocycles. The molecule has 0 bridgehead atoms. The Hall–Kier alpha value is -0.610. The van der Waals surface area contributed by atoms with E-state index in [1.54, 1.807) is 0 Å². The van der Waals surface area contributed by atoms with Crippen molar-refractivity contribution in [3.05, 3.63) is 0 Å². The van der Waals surface area contributed by atoms with Gasteiger partial charge in [-0.15, -0.1) is 11.6 Å². The van der Waals surface area contributed by atoms with Gasteiger partial charge >= 0.3 is 5.97 Å². The standard InChI is InChI=1S/C21H31ClO4/c1-11(2)16(23)12-9-14-19(3)7-6-8-20(4,18(24)25-5)13(19)10-15-21(14,26-15)17(12)22/h11-15,17H,6-10H2,1-5H3/t12-,13-,14-,15-,17?,19+,20-,21+/m1/s1. The van der Waals surface area contributed by atoms with E-state index >= 15 is 0 Å². The predicted octanol–water partition coefficient (Wildman–Crippen LogP) is 3.98. The molecule has 3 saturated carbocycles. The van der Waals surface area contributed by atoms with Gasteiger partial charge in [-0.1, -0.05) is 27.2 Å². The molecule has 0 N–H and O–H groups in total. The van der Waals surface area contributed by atoms with E-state index in [0.717, 1.165) is 32.1 Å². The number of ketones is 1. The fourth-order valence-electron chi connectivity index (χ4n) is 7.08. The summed E-state index contributed by atoms with van der Waals surface area (Å²) in [4.78, 5) is 25.5. The Morgan fingerprint density at radius 2 is 1.85 bits per heavy atom. The maximum absolute atomic E-state index is 12.8. The van der Waals surface area contributed by atoms with E-state index in [4.69, 9.17) is 21.1 Å². The molecular weight excluding hydrogens is 352 g/mol. The molecule has 0 aromatic carbocycles. The molecule has 0 aromatic rings. The van der Waals surface area contributed by atoms with Crippen LogP contribution in [0.1, 0.15) is 59.8 Å². The molecule has 4 fully saturated rings. The summed E-state index contributed by atoms with van der Waals surface area (Å²) in [6, 6.07) is 0. The molecule has 1 spiro atoms. The van der Waals surface area contributed by atoms with Crippen molar-refractivity contribution < 1.29 is 19.1 Å². The number of methoxy groups -OCH3 is 1. The first-order chi connectivity index (χ1) is 12.1. The van der Waals surface area contributed by atoms with Crippen LogP contribution < -0.4 is 0 Å². The van der Waals surface area contributed by atoms with Gasteiger partial charge in [0.25, 0.3) is 0 Å². The van der Waals surface area contributed by atoms with Crippen LogP contribution in [0.5, 0.6) is 0 Å². The van der Waals surface area contributed by atoms with Crippen LogP contribution in [0, 0.1) is 34.5 Å². The largest absolute Gasteiger partial charge is 0.469 e. The topological polar surface area (TPSA) is 55.9 Å². The summed E-state index contributed by atoms with van der Waals surface area (Å²) in [5, 5.41) is -0.239. The van der Waals surface area contributed by atoms with Gasteiger partial charge in [-0.25, -0.2) is 0 Å². The molecule has 4 nitrogen and oxygen atoms in total. The summed E-state index contributed by atoms with van der Waals surface area (Å²) in [6.45, 7) is 8.29. The monoisotopic (exact) mass is 382 g/mol. The number of esters is 1. The molecule has 5 heteroatoms. The van der Waals surface area contributed by atoms with Gasteiger partial charge in [0, 0.05) is 11.8 Å². The van der Waals surface area contributed by atoms with E-state index in [9.17, 15) is 9.59 Å². The van der Waals surface area contributed by atoms with Crippen LogP contribution >= 0.6 is 11.6 Å². The second-order valence-electron chi connectivity index (χ2n) is 9.87. The Bertz CT molecular complexity index is 648. The molecule has 1 aliphatic heterocycles. The summed E-state index contributed by atoms with van der Waals surface area (Å²) in [7, 11) is 1.49. The Balaban J connectivity index is 1.72. The van der Waals surface area contributed by atoms with Crippen molar-refractivity contribution in [1.82, 2.24) is 0 Å². The molecule has 1 heterocycles. The van der Waals surface area contributed by atoms with Gasteiger partial charge in [-0.2, -0.15) is 0 Å². The number of carbonyl (C=O) groups excluding carboxylic acids is 2. The number of carbonyl (C=O) groups is 2. The number of rotatable bonds is 3. The molecule has 0 amide bonds. The molecule has 26 heavy (non-hydrogen) atoms.